The zero-order valence-electron chi connectivity index (χ0n) is 10.5. The zero-order chi connectivity index (χ0) is 11.5. The molecule has 0 heterocycles. The van der Waals surface area contributed by atoms with E-state index in [0.717, 1.165) is 6.42 Å². The summed E-state index contributed by atoms with van der Waals surface area (Å²) in [5.41, 5.74) is 2.72. The summed E-state index contributed by atoms with van der Waals surface area (Å²) >= 11 is 2.00. The molecule has 0 fully saturated rings. The van der Waals surface area contributed by atoms with Gasteiger partial charge >= 0.3 is 31.2 Å². The second-order valence-electron chi connectivity index (χ2n) is 3.26. The van der Waals surface area contributed by atoms with Crippen molar-refractivity contribution in [2.24, 2.45) is 0 Å². The molecule has 0 atom stereocenters. The monoisotopic (exact) mass is 304 g/mol. The van der Waals surface area contributed by atoms with Gasteiger partial charge in [-0.15, -0.1) is 6.42 Å². The van der Waals surface area contributed by atoms with E-state index in [9.17, 15) is 0 Å². The van der Waals surface area contributed by atoms with E-state index >= 15 is 0 Å². The minimum absolute atomic E-state index is 0. The first-order valence-electron chi connectivity index (χ1n) is 5.07. The second-order valence-corrected chi connectivity index (χ2v) is 4.16. The van der Waals surface area contributed by atoms with Crippen molar-refractivity contribution < 1.29 is 44.8 Å². The van der Waals surface area contributed by atoms with Crippen molar-refractivity contribution in [2.75, 3.05) is 0 Å². The Labute approximate surface area is 129 Å². The van der Waals surface area contributed by atoms with Gasteiger partial charge in [-0.1, -0.05) is 13.8 Å². The van der Waals surface area contributed by atoms with Crippen LogP contribution in [0.15, 0.2) is 36.4 Å². The molecule has 0 aromatic heterocycles. The molecule has 0 radical (unpaired) electrons. The van der Waals surface area contributed by atoms with Gasteiger partial charge in [0.05, 0.1) is 0 Å². The SMILES string of the molecule is C[CH]=[Ti+2].Cc1cc[c-](C)c1.[C-]1=CC=CC1.[Cl-].[Cl-]. The Balaban J connectivity index is -0.000000176. The topological polar surface area (TPSA) is 0 Å². The Bertz CT molecular complexity index is 298. The Morgan fingerprint density at radius 1 is 1.41 bits per heavy atom. The molecule has 0 spiro atoms. The van der Waals surface area contributed by atoms with E-state index in [0.29, 0.717) is 0 Å². The molecule has 0 bridgehead atoms. The summed E-state index contributed by atoms with van der Waals surface area (Å²) in [6.07, 6.45) is 10.0. The van der Waals surface area contributed by atoms with Crippen LogP contribution < -0.4 is 24.8 Å². The molecule has 0 nitrogen and oxygen atoms in total. The van der Waals surface area contributed by atoms with Crippen LogP contribution in [0.4, 0.5) is 0 Å². The van der Waals surface area contributed by atoms with E-state index in [1.165, 1.54) is 11.1 Å². The first-order chi connectivity index (χ1) is 7.20. The van der Waals surface area contributed by atoms with E-state index in [2.05, 4.69) is 44.2 Å². The molecule has 0 amide bonds. The third kappa shape index (κ3) is 16.0. The average molecular weight is 305 g/mol. The van der Waals surface area contributed by atoms with Crippen LogP contribution in [0.1, 0.15) is 24.5 Å². The van der Waals surface area contributed by atoms with Crippen molar-refractivity contribution in [3.8, 4) is 0 Å². The van der Waals surface area contributed by atoms with Gasteiger partial charge in [0.1, 0.15) is 0 Å². The molecule has 1 aromatic carbocycles. The summed E-state index contributed by atoms with van der Waals surface area (Å²) in [5.74, 6) is 0. The van der Waals surface area contributed by atoms with Crippen molar-refractivity contribution in [1.29, 1.82) is 0 Å². The van der Waals surface area contributed by atoms with Gasteiger partial charge in [0.15, 0.2) is 0 Å². The third-order valence-corrected chi connectivity index (χ3v) is 1.65. The fourth-order valence-electron chi connectivity index (χ4n) is 1.06. The van der Waals surface area contributed by atoms with Crippen molar-refractivity contribution in [3.05, 3.63) is 53.6 Å². The molecular formula is C14H18Cl2Ti-2. The van der Waals surface area contributed by atoms with Crippen LogP contribution in [0, 0.1) is 19.9 Å². The molecule has 1 aliphatic rings. The minimum atomic E-state index is 0. The number of allylic oxidation sites excluding steroid dienone is 4. The van der Waals surface area contributed by atoms with Crippen molar-refractivity contribution in [1.82, 2.24) is 0 Å². The Hall–Kier alpha value is -0.00571. The summed E-state index contributed by atoms with van der Waals surface area (Å²) < 4.78 is 2.00. The molecular weight excluding hydrogens is 287 g/mol. The van der Waals surface area contributed by atoms with Crippen LogP contribution in [0.5, 0.6) is 0 Å². The van der Waals surface area contributed by atoms with E-state index in [4.69, 9.17) is 0 Å². The summed E-state index contributed by atoms with van der Waals surface area (Å²) in [7, 11) is 0. The molecule has 0 N–H and O–H groups in total. The molecule has 1 aliphatic carbocycles. The van der Waals surface area contributed by atoms with Gasteiger partial charge in [0, 0.05) is 0 Å². The third-order valence-electron chi connectivity index (χ3n) is 1.65. The van der Waals surface area contributed by atoms with Crippen LogP contribution in [0.25, 0.3) is 0 Å². The standard InChI is InChI=1S/C7H9.C5H5.C2H4.2ClH.Ti/c1-6-3-4-7(2)5-6;1-2-4-5-3-1;1-2;;;/h3-5H,1-2H3;1-3H,4H2;1H,2H3;2*1H;/q2*-1;;;;+2/p-2. The number of rotatable bonds is 0. The molecule has 0 saturated heterocycles. The van der Waals surface area contributed by atoms with Gasteiger partial charge in [-0.25, -0.2) is 23.8 Å². The zero-order valence-corrected chi connectivity index (χ0v) is 13.6. The van der Waals surface area contributed by atoms with Crippen molar-refractivity contribution in [3.63, 3.8) is 0 Å². The summed E-state index contributed by atoms with van der Waals surface area (Å²) in [6, 6.07) is 6.41. The maximum absolute atomic E-state index is 2.99. The molecule has 0 unspecified atom stereocenters. The molecule has 0 aliphatic heterocycles. The van der Waals surface area contributed by atoms with E-state index in [1.54, 1.807) is 0 Å². The summed E-state index contributed by atoms with van der Waals surface area (Å²) in [5, 5.41) is 0. The largest absolute Gasteiger partial charge is 1.00 e. The molecule has 94 valence electrons. The number of halogens is 2. The van der Waals surface area contributed by atoms with Crippen molar-refractivity contribution in [2.45, 2.75) is 27.2 Å². The van der Waals surface area contributed by atoms with E-state index < -0.39 is 0 Å². The molecule has 0 saturated carbocycles. The maximum atomic E-state index is 2.99. The maximum Gasteiger partial charge on any atom is -0.0860 e. The number of aryl methyl sites for hydroxylation is 2. The van der Waals surface area contributed by atoms with Gasteiger partial charge in [0.25, 0.3) is 0 Å². The predicted molar refractivity (Wildman–Crippen MR) is 64.8 cm³/mol. The van der Waals surface area contributed by atoms with Crippen molar-refractivity contribution >= 4 is 4.31 Å². The van der Waals surface area contributed by atoms with Crippen LogP contribution in [0.3, 0.4) is 0 Å². The molecule has 3 heteroatoms. The van der Waals surface area contributed by atoms with Gasteiger partial charge < -0.3 is 24.8 Å². The van der Waals surface area contributed by atoms with Gasteiger partial charge in [-0.05, 0) is 0 Å². The van der Waals surface area contributed by atoms with Gasteiger partial charge in [-0.3, -0.25) is 6.08 Å². The minimum Gasteiger partial charge on any atom is -1.00 e. The van der Waals surface area contributed by atoms with Crippen LogP contribution in [0.2, 0.25) is 0 Å². The fraction of sp³-hybridized carbons (Fsp3) is 0.286. The second kappa shape index (κ2) is 16.0. The fourth-order valence-corrected chi connectivity index (χ4v) is 1.06. The Morgan fingerprint density at radius 2 is 2.00 bits per heavy atom. The predicted octanol–water partition coefficient (Wildman–Crippen LogP) is -2.31. The van der Waals surface area contributed by atoms with Crippen LogP contribution in [-0.2, 0) is 20.0 Å². The normalized spacial score (nSPS) is 9.94. The van der Waals surface area contributed by atoms with E-state index in [1.807, 2.05) is 43.4 Å². The van der Waals surface area contributed by atoms with E-state index in [-0.39, 0.29) is 24.8 Å². The van der Waals surface area contributed by atoms with Gasteiger partial charge in [0.2, 0.25) is 0 Å². The summed E-state index contributed by atoms with van der Waals surface area (Å²) in [4.78, 5) is 0. The quantitative estimate of drug-likeness (QED) is 0.373. The number of hydrogen-bond acceptors (Lipinski definition) is 0. The first-order valence-corrected chi connectivity index (χ1v) is 5.97. The number of hydrogen-bond donors (Lipinski definition) is 0. The smallest absolute Gasteiger partial charge is 0.0860 e. The first kappa shape index (κ1) is 22.2. The Kier molecular flexibility index (Phi) is 20.9. The molecule has 17 heavy (non-hydrogen) atoms. The summed E-state index contributed by atoms with van der Waals surface area (Å²) in [6.45, 7) is 6.21. The van der Waals surface area contributed by atoms with Gasteiger partial charge in [-0.2, -0.15) is 23.8 Å². The average Bonchev–Trinajstić information content (AvgIpc) is 2.81. The molecule has 2 rings (SSSR count). The van der Waals surface area contributed by atoms with Crippen LogP contribution in [-0.4, -0.2) is 4.31 Å². The molecule has 1 aromatic rings. The Morgan fingerprint density at radius 3 is 2.12 bits per heavy atom. The van der Waals surface area contributed by atoms with Crippen LogP contribution >= 0.6 is 0 Å².